The second-order valence-electron chi connectivity index (χ2n) is 6.69. The van der Waals surface area contributed by atoms with Gasteiger partial charge in [-0.3, -0.25) is 9.36 Å². The van der Waals surface area contributed by atoms with Crippen LogP contribution in [0.5, 0.6) is 5.88 Å². The number of aromatic hydroxyl groups is 1. The number of unbranched alkanes of at least 4 members (excludes halogenated alkanes) is 1. The Balaban J connectivity index is 1.97. The molecule has 4 rings (SSSR count). The molecule has 6 heteroatoms. The van der Waals surface area contributed by atoms with E-state index in [-0.39, 0.29) is 17.5 Å². The van der Waals surface area contributed by atoms with Gasteiger partial charge in [0.05, 0.1) is 29.2 Å². The van der Waals surface area contributed by atoms with E-state index in [4.69, 9.17) is 4.74 Å². The lowest BCUT2D eigenvalue weighted by molar-refractivity contribution is 0.0953. The summed E-state index contributed by atoms with van der Waals surface area (Å²) in [5, 5.41) is 10.8. The first kappa shape index (κ1) is 16.1. The Hall–Kier alpha value is -2.34. The Kier molecular flexibility index (Phi) is 4.21. The van der Waals surface area contributed by atoms with Crippen molar-refractivity contribution in [1.29, 1.82) is 0 Å². The molecule has 1 atom stereocenters. The standard InChI is InChI=1S/C19H23N3O3/c1-2-3-8-14-17(23)21(12-13-7-6-11-25-13)19-20-15-9-4-5-10-16(15)22(19)18(14)24/h4-5,9-10,13,23H,2-3,6-8,11-12H2,1H3. The summed E-state index contributed by atoms with van der Waals surface area (Å²) in [6, 6.07) is 7.59. The van der Waals surface area contributed by atoms with Crippen LogP contribution in [-0.2, 0) is 17.7 Å². The number of ether oxygens (including phenoxy) is 1. The number of rotatable bonds is 5. The van der Waals surface area contributed by atoms with Crippen LogP contribution < -0.4 is 5.56 Å². The molecule has 1 unspecified atom stereocenters. The molecule has 25 heavy (non-hydrogen) atoms. The van der Waals surface area contributed by atoms with E-state index < -0.39 is 0 Å². The van der Waals surface area contributed by atoms with Crippen molar-refractivity contribution in [1.82, 2.24) is 14.0 Å². The second-order valence-corrected chi connectivity index (χ2v) is 6.69. The maximum Gasteiger partial charge on any atom is 0.266 e. The molecule has 1 aromatic carbocycles. The third kappa shape index (κ3) is 2.70. The normalized spacial score (nSPS) is 17.7. The monoisotopic (exact) mass is 341 g/mol. The molecule has 6 nitrogen and oxygen atoms in total. The lowest BCUT2D eigenvalue weighted by Gasteiger charge is -2.17. The van der Waals surface area contributed by atoms with Gasteiger partial charge in [0.2, 0.25) is 11.7 Å². The van der Waals surface area contributed by atoms with Gasteiger partial charge in [0, 0.05) is 6.61 Å². The summed E-state index contributed by atoms with van der Waals surface area (Å²) in [6.45, 7) is 3.34. The molecule has 3 aromatic rings. The number of fused-ring (bicyclic) bond motifs is 3. The van der Waals surface area contributed by atoms with Gasteiger partial charge < -0.3 is 9.84 Å². The minimum Gasteiger partial charge on any atom is -0.494 e. The minimum absolute atomic E-state index is 0.0387. The van der Waals surface area contributed by atoms with Crippen molar-refractivity contribution in [3.05, 3.63) is 40.2 Å². The Morgan fingerprint density at radius 2 is 2.20 bits per heavy atom. The Morgan fingerprint density at radius 1 is 1.36 bits per heavy atom. The molecule has 1 aliphatic rings. The molecule has 0 amide bonds. The van der Waals surface area contributed by atoms with Crippen LogP contribution in [0.2, 0.25) is 0 Å². The number of para-hydroxylation sites is 2. The van der Waals surface area contributed by atoms with E-state index >= 15 is 0 Å². The van der Waals surface area contributed by atoms with Gasteiger partial charge in [-0.25, -0.2) is 9.38 Å². The van der Waals surface area contributed by atoms with Gasteiger partial charge in [-0.1, -0.05) is 25.5 Å². The van der Waals surface area contributed by atoms with Crippen molar-refractivity contribution in [3.63, 3.8) is 0 Å². The summed E-state index contributed by atoms with van der Waals surface area (Å²) in [5.74, 6) is 0.524. The van der Waals surface area contributed by atoms with Gasteiger partial charge in [-0.15, -0.1) is 0 Å². The van der Waals surface area contributed by atoms with E-state index in [1.165, 1.54) is 0 Å². The first-order valence-electron chi connectivity index (χ1n) is 9.04. The lowest BCUT2D eigenvalue weighted by Crippen LogP contribution is -2.26. The van der Waals surface area contributed by atoms with Gasteiger partial charge in [-0.2, -0.15) is 0 Å². The van der Waals surface area contributed by atoms with Crippen LogP contribution in [-0.4, -0.2) is 31.8 Å². The van der Waals surface area contributed by atoms with E-state index in [2.05, 4.69) is 11.9 Å². The Labute approximate surface area is 145 Å². The highest BCUT2D eigenvalue weighted by Crippen LogP contribution is 2.25. The molecule has 1 N–H and O–H groups in total. The zero-order chi connectivity index (χ0) is 17.4. The molecule has 0 bridgehead atoms. The van der Waals surface area contributed by atoms with Crippen molar-refractivity contribution in [2.24, 2.45) is 0 Å². The smallest absolute Gasteiger partial charge is 0.266 e. The van der Waals surface area contributed by atoms with E-state index in [9.17, 15) is 9.90 Å². The summed E-state index contributed by atoms with van der Waals surface area (Å²) >= 11 is 0. The van der Waals surface area contributed by atoms with Crippen molar-refractivity contribution in [3.8, 4) is 5.88 Å². The first-order chi connectivity index (χ1) is 12.2. The zero-order valence-electron chi connectivity index (χ0n) is 14.4. The maximum atomic E-state index is 13.0. The zero-order valence-corrected chi connectivity index (χ0v) is 14.4. The number of imidazole rings is 1. The van der Waals surface area contributed by atoms with Crippen LogP contribution in [0, 0.1) is 0 Å². The fourth-order valence-corrected chi connectivity index (χ4v) is 3.62. The van der Waals surface area contributed by atoms with Crippen molar-refractivity contribution < 1.29 is 9.84 Å². The quantitative estimate of drug-likeness (QED) is 0.775. The molecule has 1 aliphatic heterocycles. The predicted octanol–water partition coefficient (Wildman–Crippen LogP) is 2.88. The predicted molar refractivity (Wildman–Crippen MR) is 96.2 cm³/mol. The molecule has 3 heterocycles. The van der Waals surface area contributed by atoms with Crippen molar-refractivity contribution >= 4 is 16.8 Å². The lowest BCUT2D eigenvalue weighted by atomic mass is 10.1. The molecule has 1 fully saturated rings. The van der Waals surface area contributed by atoms with E-state index in [0.717, 1.165) is 43.3 Å². The van der Waals surface area contributed by atoms with Crippen LogP contribution in [0.1, 0.15) is 38.2 Å². The van der Waals surface area contributed by atoms with Crippen LogP contribution in [0.25, 0.3) is 16.8 Å². The summed E-state index contributed by atoms with van der Waals surface area (Å²) < 4.78 is 9.13. The van der Waals surface area contributed by atoms with Gasteiger partial charge in [0.15, 0.2) is 0 Å². The molecule has 132 valence electrons. The number of hydrogen-bond acceptors (Lipinski definition) is 4. The molecule has 0 saturated carbocycles. The highest BCUT2D eigenvalue weighted by atomic mass is 16.5. The van der Waals surface area contributed by atoms with Crippen molar-refractivity contribution in [2.75, 3.05) is 6.61 Å². The van der Waals surface area contributed by atoms with Crippen LogP contribution >= 0.6 is 0 Å². The Morgan fingerprint density at radius 3 is 2.96 bits per heavy atom. The van der Waals surface area contributed by atoms with Crippen molar-refractivity contribution in [2.45, 2.75) is 51.7 Å². The number of hydrogen-bond donors (Lipinski definition) is 1. The molecule has 0 radical (unpaired) electrons. The van der Waals surface area contributed by atoms with Gasteiger partial charge in [-0.05, 0) is 37.8 Å². The molecule has 0 spiro atoms. The third-order valence-corrected chi connectivity index (χ3v) is 4.96. The Bertz CT molecular complexity index is 967. The number of benzene rings is 1. The third-order valence-electron chi connectivity index (χ3n) is 4.96. The molecule has 0 aliphatic carbocycles. The van der Waals surface area contributed by atoms with Gasteiger partial charge in [0.25, 0.3) is 5.56 Å². The molecule has 1 saturated heterocycles. The fourth-order valence-electron chi connectivity index (χ4n) is 3.62. The summed E-state index contributed by atoms with van der Waals surface area (Å²) in [6.07, 6.45) is 4.43. The summed E-state index contributed by atoms with van der Waals surface area (Å²) in [7, 11) is 0. The topological polar surface area (TPSA) is 68.8 Å². The second kappa shape index (κ2) is 6.52. The highest BCUT2D eigenvalue weighted by Gasteiger charge is 2.23. The molecular formula is C19H23N3O3. The molecular weight excluding hydrogens is 318 g/mol. The maximum absolute atomic E-state index is 13.0. The van der Waals surface area contributed by atoms with E-state index in [1.54, 1.807) is 8.97 Å². The number of aromatic nitrogens is 3. The number of nitrogens with zero attached hydrogens (tertiary/aromatic N) is 3. The average molecular weight is 341 g/mol. The van der Waals surface area contributed by atoms with Crippen LogP contribution in [0.3, 0.4) is 0 Å². The van der Waals surface area contributed by atoms with Gasteiger partial charge in [0.1, 0.15) is 0 Å². The van der Waals surface area contributed by atoms with Crippen LogP contribution in [0.15, 0.2) is 29.1 Å². The average Bonchev–Trinajstić information content (AvgIpc) is 3.26. The highest BCUT2D eigenvalue weighted by molar-refractivity contribution is 5.79. The summed E-state index contributed by atoms with van der Waals surface area (Å²) in [5.41, 5.74) is 1.84. The van der Waals surface area contributed by atoms with E-state index in [1.807, 2.05) is 24.3 Å². The SMILES string of the molecule is CCCCc1c(O)n(CC2CCCO2)c2nc3ccccc3n2c1=O. The van der Waals surface area contributed by atoms with Crippen LogP contribution in [0.4, 0.5) is 0 Å². The van der Waals surface area contributed by atoms with Gasteiger partial charge >= 0.3 is 0 Å². The summed E-state index contributed by atoms with van der Waals surface area (Å²) in [4.78, 5) is 17.6. The largest absolute Gasteiger partial charge is 0.494 e. The first-order valence-corrected chi connectivity index (χ1v) is 9.04. The minimum atomic E-state index is -0.168. The molecule has 2 aromatic heterocycles. The fraction of sp³-hybridized carbons (Fsp3) is 0.474. The van der Waals surface area contributed by atoms with E-state index in [0.29, 0.717) is 24.3 Å².